The van der Waals surface area contributed by atoms with Crippen molar-refractivity contribution in [1.82, 2.24) is 0 Å². The van der Waals surface area contributed by atoms with E-state index >= 15 is 0 Å². The Hall–Kier alpha value is -0.410. The molecule has 11 heavy (non-hydrogen) atoms. The van der Waals surface area contributed by atoms with Gasteiger partial charge in [-0.15, -0.1) is 0 Å². The number of hydrogen-bond donors (Lipinski definition) is 2. The van der Waals surface area contributed by atoms with Gasteiger partial charge in [0.1, 0.15) is 6.10 Å². The minimum atomic E-state index is -0.807. The fraction of sp³-hybridized carbons (Fsp3) is 0.875. The Morgan fingerprint density at radius 1 is 1.55 bits per heavy atom. The van der Waals surface area contributed by atoms with Crippen molar-refractivity contribution in [2.75, 3.05) is 6.54 Å². The van der Waals surface area contributed by atoms with Crippen molar-refractivity contribution in [2.24, 2.45) is 11.7 Å². The van der Waals surface area contributed by atoms with E-state index in [0.29, 0.717) is 19.4 Å². The third kappa shape index (κ3) is 4.11. The van der Waals surface area contributed by atoms with Crippen molar-refractivity contribution in [3.63, 3.8) is 0 Å². The van der Waals surface area contributed by atoms with Crippen molar-refractivity contribution in [2.45, 2.75) is 32.8 Å². The first-order chi connectivity index (χ1) is 5.09. The highest BCUT2D eigenvalue weighted by Gasteiger charge is 2.16. The van der Waals surface area contributed by atoms with E-state index in [1.165, 1.54) is 0 Å². The fourth-order valence-electron chi connectivity index (χ4n) is 0.838. The zero-order valence-electron chi connectivity index (χ0n) is 7.21. The SMILES string of the molecule is CC(C)C(=O)[C@@H](O)CCCN. The summed E-state index contributed by atoms with van der Waals surface area (Å²) in [6.45, 7) is 4.10. The van der Waals surface area contributed by atoms with Gasteiger partial charge in [0, 0.05) is 5.92 Å². The summed E-state index contributed by atoms with van der Waals surface area (Å²) >= 11 is 0. The highest BCUT2D eigenvalue weighted by Crippen LogP contribution is 2.04. The molecule has 0 heterocycles. The van der Waals surface area contributed by atoms with Gasteiger partial charge in [0.05, 0.1) is 0 Å². The molecule has 0 fully saturated rings. The maximum absolute atomic E-state index is 11.1. The lowest BCUT2D eigenvalue weighted by molar-refractivity contribution is -0.130. The van der Waals surface area contributed by atoms with Gasteiger partial charge in [-0.2, -0.15) is 0 Å². The van der Waals surface area contributed by atoms with E-state index in [9.17, 15) is 9.90 Å². The van der Waals surface area contributed by atoms with Gasteiger partial charge in [-0.25, -0.2) is 0 Å². The minimum absolute atomic E-state index is 0.0808. The van der Waals surface area contributed by atoms with E-state index < -0.39 is 6.10 Å². The Labute approximate surface area is 67.6 Å². The van der Waals surface area contributed by atoms with E-state index in [-0.39, 0.29) is 11.7 Å². The monoisotopic (exact) mass is 159 g/mol. The molecule has 0 aromatic rings. The molecule has 66 valence electrons. The molecule has 0 amide bonds. The third-order valence-corrected chi connectivity index (χ3v) is 1.58. The average molecular weight is 159 g/mol. The van der Waals surface area contributed by atoms with Crippen molar-refractivity contribution >= 4 is 5.78 Å². The Balaban J connectivity index is 3.64. The van der Waals surface area contributed by atoms with Crippen LogP contribution >= 0.6 is 0 Å². The number of carbonyl (C=O) groups excluding carboxylic acids is 1. The van der Waals surface area contributed by atoms with Crippen molar-refractivity contribution < 1.29 is 9.90 Å². The number of hydrogen-bond acceptors (Lipinski definition) is 3. The number of nitrogens with two attached hydrogens (primary N) is 1. The molecule has 0 aliphatic carbocycles. The number of aliphatic hydroxyl groups excluding tert-OH is 1. The van der Waals surface area contributed by atoms with Gasteiger partial charge in [0.15, 0.2) is 5.78 Å². The summed E-state index contributed by atoms with van der Waals surface area (Å²) in [5.41, 5.74) is 5.23. The number of aliphatic hydroxyl groups is 1. The third-order valence-electron chi connectivity index (χ3n) is 1.58. The normalized spacial score (nSPS) is 13.5. The zero-order valence-corrected chi connectivity index (χ0v) is 7.21. The molecule has 0 aliphatic rings. The van der Waals surface area contributed by atoms with Crippen LogP contribution in [-0.4, -0.2) is 23.5 Å². The molecule has 0 bridgehead atoms. The largest absolute Gasteiger partial charge is 0.385 e. The lowest BCUT2D eigenvalue weighted by Crippen LogP contribution is -2.25. The van der Waals surface area contributed by atoms with E-state index in [0.717, 1.165) is 0 Å². The van der Waals surface area contributed by atoms with E-state index in [1.54, 1.807) is 13.8 Å². The quantitative estimate of drug-likeness (QED) is 0.607. The van der Waals surface area contributed by atoms with Gasteiger partial charge >= 0.3 is 0 Å². The van der Waals surface area contributed by atoms with Crippen LogP contribution in [0.3, 0.4) is 0 Å². The predicted molar refractivity (Wildman–Crippen MR) is 44.1 cm³/mol. The molecular formula is C8H17NO2. The average Bonchev–Trinajstić information content (AvgIpc) is 1.98. The Kier molecular flexibility index (Phi) is 5.07. The molecular weight excluding hydrogens is 142 g/mol. The molecule has 3 N–H and O–H groups in total. The van der Waals surface area contributed by atoms with Crippen LogP contribution in [0.1, 0.15) is 26.7 Å². The van der Waals surface area contributed by atoms with Crippen LogP contribution in [0.25, 0.3) is 0 Å². The second-order valence-corrected chi connectivity index (χ2v) is 3.00. The van der Waals surface area contributed by atoms with Crippen LogP contribution in [0.5, 0.6) is 0 Å². The van der Waals surface area contributed by atoms with E-state index in [2.05, 4.69) is 0 Å². The van der Waals surface area contributed by atoms with Crippen LogP contribution in [0.2, 0.25) is 0 Å². The van der Waals surface area contributed by atoms with Crippen LogP contribution in [-0.2, 0) is 4.79 Å². The molecule has 3 nitrogen and oxygen atoms in total. The van der Waals surface area contributed by atoms with Crippen LogP contribution < -0.4 is 5.73 Å². The maximum Gasteiger partial charge on any atom is 0.163 e. The minimum Gasteiger partial charge on any atom is -0.385 e. The molecule has 0 spiro atoms. The van der Waals surface area contributed by atoms with Gasteiger partial charge in [-0.05, 0) is 19.4 Å². The van der Waals surface area contributed by atoms with E-state index in [4.69, 9.17) is 5.73 Å². The first-order valence-corrected chi connectivity index (χ1v) is 4.01. The Morgan fingerprint density at radius 3 is 2.45 bits per heavy atom. The Bertz CT molecular complexity index is 123. The molecule has 0 saturated carbocycles. The van der Waals surface area contributed by atoms with Crippen molar-refractivity contribution in [3.05, 3.63) is 0 Å². The Morgan fingerprint density at radius 2 is 2.09 bits per heavy atom. The lowest BCUT2D eigenvalue weighted by atomic mass is 10.0. The molecule has 0 saturated heterocycles. The fourth-order valence-corrected chi connectivity index (χ4v) is 0.838. The van der Waals surface area contributed by atoms with Crippen LogP contribution in [0.4, 0.5) is 0 Å². The molecule has 0 rings (SSSR count). The van der Waals surface area contributed by atoms with Crippen LogP contribution in [0, 0.1) is 5.92 Å². The topological polar surface area (TPSA) is 63.3 Å². The summed E-state index contributed by atoms with van der Waals surface area (Å²) in [7, 11) is 0. The predicted octanol–water partition coefficient (Wildman–Crippen LogP) is 0.311. The van der Waals surface area contributed by atoms with Gasteiger partial charge in [0.2, 0.25) is 0 Å². The van der Waals surface area contributed by atoms with Gasteiger partial charge in [-0.1, -0.05) is 13.8 Å². The highest BCUT2D eigenvalue weighted by molar-refractivity contribution is 5.84. The number of rotatable bonds is 5. The second kappa shape index (κ2) is 5.27. The number of carbonyl (C=O) groups is 1. The molecule has 1 atom stereocenters. The molecule has 3 heteroatoms. The van der Waals surface area contributed by atoms with Crippen LogP contribution in [0.15, 0.2) is 0 Å². The second-order valence-electron chi connectivity index (χ2n) is 3.00. The van der Waals surface area contributed by atoms with Crippen molar-refractivity contribution in [1.29, 1.82) is 0 Å². The molecule has 0 unspecified atom stereocenters. The summed E-state index contributed by atoms with van der Waals surface area (Å²) in [5.74, 6) is -0.166. The number of Topliss-reactive ketones (excluding diaryl/α,β-unsaturated/α-hetero) is 1. The summed E-state index contributed by atoms with van der Waals surface area (Å²) in [6.07, 6.45) is 0.395. The van der Waals surface area contributed by atoms with E-state index in [1.807, 2.05) is 0 Å². The summed E-state index contributed by atoms with van der Waals surface area (Å²) < 4.78 is 0. The van der Waals surface area contributed by atoms with Gasteiger partial charge in [0.25, 0.3) is 0 Å². The zero-order chi connectivity index (χ0) is 8.85. The molecule has 0 radical (unpaired) electrons. The summed E-state index contributed by atoms with van der Waals surface area (Å²) in [5, 5.41) is 9.21. The number of ketones is 1. The molecule has 0 aromatic carbocycles. The van der Waals surface area contributed by atoms with Gasteiger partial charge in [-0.3, -0.25) is 4.79 Å². The van der Waals surface area contributed by atoms with Crippen molar-refractivity contribution in [3.8, 4) is 0 Å². The first-order valence-electron chi connectivity index (χ1n) is 4.01. The lowest BCUT2D eigenvalue weighted by Gasteiger charge is -2.10. The summed E-state index contributed by atoms with van der Waals surface area (Å²) in [4.78, 5) is 11.1. The smallest absolute Gasteiger partial charge is 0.163 e. The van der Waals surface area contributed by atoms with Gasteiger partial charge < -0.3 is 10.8 Å². The highest BCUT2D eigenvalue weighted by atomic mass is 16.3. The molecule has 0 aliphatic heterocycles. The maximum atomic E-state index is 11.1. The standard InChI is InChI=1S/C8H17NO2/c1-6(2)8(11)7(10)4-3-5-9/h6-7,10H,3-5,9H2,1-2H3/t7-/m0/s1. The molecule has 0 aromatic heterocycles. The summed E-state index contributed by atoms with van der Waals surface area (Å²) in [6, 6.07) is 0. The first kappa shape index (κ1) is 10.6.